The average molecular weight is 282 g/mol. The number of hydrogen-bond acceptors (Lipinski definition) is 7. The van der Waals surface area contributed by atoms with Crippen molar-refractivity contribution >= 4 is 23.4 Å². The fourth-order valence-electron chi connectivity index (χ4n) is 1.38. The molecule has 0 aliphatic carbocycles. The van der Waals surface area contributed by atoms with Crippen molar-refractivity contribution in [3.05, 3.63) is 16.3 Å². The van der Waals surface area contributed by atoms with E-state index in [2.05, 4.69) is 20.6 Å². The first-order valence-corrected chi connectivity index (χ1v) is 5.95. The van der Waals surface area contributed by atoms with Crippen LogP contribution < -0.4 is 16.4 Å². The van der Waals surface area contributed by atoms with E-state index in [-0.39, 0.29) is 23.4 Å². The van der Waals surface area contributed by atoms with Crippen molar-refractivity contribution in [2.45, 2.75) is 39.3 Å². The first-order chi connectivity index (χ1) is 9.10. The van der Waals surface area contributed by atoms with Crippen LogP contribution in [0.25, 0.3) is 0 Å². The van der Waals surface area contributed by atoms with Crippen molar-refractivity contribution < 1.29 is 9.72 Å². The van der Waals surface area contributed by atoms with Gasteiger partial charge in [0.2, 0.25) is 17.7 Å². The Balaban J connectivity index is 2.90. The summed E-state index contributed by atoms with van der Waals surface area (Å²) in [5.74, 6) is -0.496. The molecule has 9 heteroatoms. The Morgan fingerprint density at radius 3 is 2.60 bits per heavy atom. The van der Waals surface area contributed by atoms with E-state index in [0.717, 1.165) is 6.20 Å². The Hall–Kier alpha value is -2.45. The minimum Gasteiger partial charge on any atom is -0.368 e. The smallest absolute Gasteiger partial charge is 0.329 e. The molecule has 1 rings (SSSR count). The fourth-order valence-corrected chi connectivity index (χ4v) is 1.38. The van der Waals surface area contributed by atoms with Crippen LogP contribution >= 0.6 is 0 Å². The van der Waals surface area contributed by atoms with Crippen molar-refractivity contribution in [3.8, 4) is 0 Å². The molecule has 1 amide bonds. The van der Waals surface area contributed by atoms with Crippen LogP contribution in [0.4, 0.5) is 17.5 Å². The highest BCUT2D eigenvalue weighted by Crippen LogP contribution is 2.21. The molecule has 0 aromatic carbocycles. The fraction of sp³-hybridized carbons (Fsp3) is 0.545. The Morgan fingerprint density at radius 2 is 2.10 bits per heavy atom. The molecule has 9 nitrogen and oxygen atoms in total. The molecular formula is C11H18N6O3. The second-order valence-electron chi connectivity index (χ2n) is 5.32. The van der Waals surface area contributed by atoms with Crippen LogP contribution in [0.1, 0.15) is 27.7 Å². The number of rotatable bonds is 4. The molecule has 1 heterocycles. The molecule has 1 aromatic heterocycles. The predicted octanol–water partition coefficient (Wildman–Crippen LogP) is 0.682. The topological polar surface area (TPSA) is 136 Å². The maximum Gasteiger partial charge on any atom is 0.329 e. The SMILES string of the molecule is CC(Nc1nc(N)ncc1[N+](=O)[O-])C(=O)NC(C)(C)C. The van der Waals surface area contributed by atoms with Crippen LogP contribution in [0.2, 0.25) is 0 Å². The molecule has 110 valence electrons. The monoisotopic (exact) mass is 282 g/mol. The van der Waals surface area contributed by atoms with E-state index in [1.807, 2.05) is 20.8 Å². The minimum absolute atomic E-state index is 0.0842. The molecule has 1 aromatic rings. The lowest BCUT2D eigenvalue weighted by molar-refractivity contribution is -0.384. The van der Waals surface area contributed by atoms with Crippen LogP contribution in [-0.2, 0) is 4.79 Å². The summed E-state index contributed by atoms with van der Waals surface area (Å²) in [6.45, 7) is 7.08. The molecule has 0 spiro atoms. The highest BCUT2D eigenvalue weighted by atomic mass is 16.6. The van der Waals surface area contributed by atoms with Gasteiger partial charge in [0.05, 0.1) is 4.92 Å². The molecule has 0 saturated heterocycles. The standard InChI is InChI=1S/C11H18N6O3/c1-6(9(18)16-11(2,3)4)14-8-7(17(19)20)5-13-10(12)15-8/h5-6H,1-4H3,(H,16,18)(H3,12,13,14,15). The molecule has 0 saturated carbocycles. The number of carbonyl (C=O) groups excluding carboxylic acids is 1. The van der Waals surface area contributed by atoms with Gasteiger partial charge in [0.1, 0.15) is 12.2 Å². The molecule has 0 fully saturated rings. The van der Waals surface area contributed by atoms with E-state index in [1.165, 1.54) is 0 Å². The minimum atomic E-state index is -0.706. The first-order valence-electron chi connectivity index (χ1n) is 5.95. The van der Waals surface area contributed by atoms with Gasteiger partial charge in [-0.2, -0.15) is 4.98 Å². The Morgan fingerprint density at radius 1 is 1.50 bits per heavy atom. The van der Waals surface area contributed by atoms with E-state index in [0.29, 0.717) is 0 Å². The van der Waals surface area contributed by atoms with Gasteiger partial charge in [0, 0.05) is 5.54 Å². The number of nitrogens with two attached hydrogens (primary N) is 1. The van der Waals surface area contributed by atoms with Gasteiger partial charge in [0.15, 0.2) is 0 Å². The number of carbonyl (C=O) groups is 1. The normalized spacial score (nSPS) is 12.6. The summed E-state index contributed by atoms with van der Waals surface area (Å²) in [5, 5.41) is 16.3. The summed E-state index contributed by atoms with van der Waals surface area (Å²) in [6, 6.07) is -0.706. The molecule has 4 N–H and O–H groups in total. The van der Waals surface area contributed by atoms with Crippen molar-refractivity contribution in [1.82, 2.24) is 15.3 Å². The third-order valence-electron chi connectivity index (χ3n) is 2.23. The van der Waals surface area contributed by atoms with Gasteiger partial charge in [-0.05, 0) is 27.7 Å². The average Bonchev–Trinajstić information content (AvgIpc) is 2.26. The number of aromatic nitrogens is 2. The number of nitrogen functional groups attached to an aromatic ring is 1. The number of anilines is 2. The zero-order chi connectivity index (χ0) is 15.5. The van der Waals surface area contributed by atoms with Crippen LogP contribution in [0, 0.1) is 10.1 Å². The highest BCUT2D eigenvalue weighted by Gasteiger charge is 2.23. The first kappa shape index (κ1) is 15.6. The van der Waals surface area contributed by atoms with Crippen molar-refractivity contribution in [3.63, 3.8) is 0 Å². The van der Waals surface area contributed by atoms with Crippen LogP contribution in [0.5, 0.6) is 0 Å². The lowest BCUT2D eigenvalue weighted by Gasteiger charge is -2.23. The van der Waals surface area contributed by atoms with Gasteiger partial charge in [-0.3, -0.25) is 14.9 Å². The maximum atomic E-state index is 11.9. The largest absolute Gasteiger partial charge is 0.368 e. The van der Waals surface area contributed by atoms with Crippen LogP contribution in [0.3, 0.4) is 0 Å². The molecule has 0 aliphatic rings. The molecular weight excluding hydrogens is 264 g/mol. The van der Waals surface area contributed by atoms with Crippen LogP contribution in [-0.4, -0.2) is 32.4 Å². The van der Waals surface area contributed by atoms with Crippen molar-refractivity contribution in [2.75, 3.05) is 11.1 Å². The second kappa shape index (κ2) is 5.68. The van der Waals surface area contributed by atoms with E-state index in [9.17, 15) is 14.9 Å². The van der Waals surface area contributed by atoms with Gasteiger partial charge in [-0.15, -0.1) is 0 Å². The van der Waals surface area contributed by atoms with E-state index in [4.69, 9.17) is 5.73 Å². The summed E-state index contributed by atoms with van der Waals surface area (Å²) in [6.07, 6.45) is 0.999. The van der Waals surface area contributed by atoms with E-state index >= 15 is 0 Å². The number of amides is 1. The van der Waals surface area contributed by atoms with Gasteiger partial charge in [0.25, 0.3) is 0 Å². The number of nitro groups is 1. The van der Waals surface area contributed by atoms with Gasteiger partial charge >= 0.3 is 5.69 Å². The molecule has 20 heavy (non-hydrogen) atoms. The zero-order valence-corrected chi connectivity index (χ0v) is 11.8. The Kier molecular flexibility index (Phi) is 4.43. The van der Waals surface area contributed by atoms with Gasteiger partial charge in [-0.25, -0.2) is 4.98 Å². The van der Waals surface area contributed by atoms with Crippen molar-refractivity contribution in [2.24, 2.45) is 0 Å². The Bertz CT molecular complexity index is 525. The third kappa shape index (κ3) is 4.34. The lowest BCUT2D eigenvalue weighted by atomic mass is 10.1. The number of nitrogens with zero attached hydrogens (tertiary/aromatic N) is 3. The number of nitrogens with one attached hydrogen (secondary N) is 2. The molecule has 1 unspecified atom stereocenters. The summed E-state index contributed by atoms with van der Waals surface area (Å²) >= 11 is 0. The summed E-state index contributed by atoms with van der Waals surface area (Å²) in [7, 11) is 0. The van der Waals surface area contributed by atoms with Gasteiger partial charge < -0.3 is 16.4 Å². The Labute approximate surface area is 116 Å². The van der Waals surface area contributed by atoms with E-state index in [1.54, 1.807) is 6.92 Å². The lowest BCUT2D eigenvalue weighted by Crippen LogP contribution is -2.47. The van der Waals surface area contributed by atoms with Crippen LogP contribution in [0.15, 0.2) is 6.20 Å². The number of hydrogen-bond donors (Lipinski definition) is 3. The maximum absolute atomic E-state index is 11.9. The van der Waals surface area contributed by atoms with Gasteiger partial charge in [-0.1, -0.05) is 0 Å². The summed E-state index contributed by atoms with van der Waals surface area (Å²) in [4.78, 5) is 29.4. The zero-order valence-electron chi connectivity index (χ0n) is 11.8. The molecule has 0 radical (unpaired) electrons. The molecule has 1 atom stereocenters. The third-order valence-corrected chi connectivity index (χ3v) is 2.23. The quantitative estimate of drug-likeness (QED) is 0.545. The molecule has 0 aliphatic heterocycles. The second-order valence-corrected chi connectivity index (χ2v) is 5.32. The highest BCUT2D eigenvalue weighted by molar-refractivity contribution is 5.85. The molecule has 0 bridgehead atoms. The predicted molar refractivity (Wildman–Crippen MR) is 74.1 cm³/mol. The summed E-state index contributed by atoms with van der Waals surface area (Å²) < 4.78 is 0. The van der Waals surface area contributed by atoms with E-state index < -0.39 is 16.5 Å². The van der Waals surface area contributed by atoms with Crippen molar-refractivity contribution in [1.29, 1.82) is 0 Å². The summed E-state index contributed by atoms with van der Waals surface area (Å²) in [5.41, 5.74) is 4.66.